The Morgan fingerprint density at radius 3 is 2.92 bits per heavy atom. The molecule has 1 aromatic carbocycles. The first-order valence-corrected chi connectivity index (χ1v) is 9.81. The van der Waals surface area contributed by atoms with Crippen LogP contribution in [0.15, 0.2) is 53.7 Å². The number of aromatic nitrogens is 1. The number of amides is 1. The lowest BCUT2D eigenvalue weighted by Crippen LogP contribution is -2.38. The van der Waals surface area contributed by atoms with Crippen molar-refractivity contribution < 1.29 is 9.53 Å². The van der Waals surface area contributed by atoms with Gasteiger partial charge in [0.25, 0.3) is 0 Å². The van der Waals surface area contributed by atoms with E-state index >= 15 is 0 Å². The molecule has 1 aliphatic rings. The number of carbonyl (C=O) groups is 1. The van der Waals surface area contributed by atoms with Crippen LogP contribution >= 0.6 is 11.8 Å². The van der Waals surface area contributed by atoms with Gasteiger partial charge in [-0.05, 0) is 31.0 Å². The second-order valence-electron chi connectivity index (χ2n) is 6.22. The lowest BCUT2D eigenvalue weighted by molar-refractivity contribution is -0.129. The van der Waals surface area contributed by atoms with Gasteiger partial charge in [0.2, 0.25) is 5.91 Å². The van der Waals surface area contributed by atoms with Crippen LogP contribution in [0.5, 0.6) is 5.75 Å². The van der Waals surface area contributed by atoms with Gasteiger partial charge in [0.1, 0.15) is 11.9 Å². The summed E-state index contributed by atoms with van der Waals surface area (Å²) in [6.07, 6.45) is 5.03. The minimum atomic E-state index is 0.0624. The van der Waals surface area contributed by atoms with Gasteiger partial charge in [-0.1, -0.05) is 49.4 Å². The van der Waals surface area contributed by atoms with Crippen molar-refractivity contribution in [1.29, 1.82) is 0 Å². The molecule has 0 saturated heterocycles. The molecule has 0 N–H and O–H groups in total. The molecule has 0 bridgehead atoms. The number of benzene rings is 1. The minimum Gasteiger partial charge on any atom is -0.488 e. The SMILES string of the molecule is CCCC[C@H]1CN(C(=O)CSc2ccccn2)Cc2ccccc2O1. The molecule has 1 atom stereocenters. The maximum atomic E-state index is 12.8. The topological polar surface area (TPSA) is 42.4 Å². The fourth-order valence-electron chi connectivity index (χ4n) is 2.91. The predicted molar refractivity (Wildman–Crippen MR) is 101 cm³/mol. The van der Waals surface area contributed by atoms with E-state index in [0.717, 1.165) is 35.6 Å². The van der Waals surface area contributed by atoms with Crippen molar-refractivity contribution in [2.75, 3.05) is 12.3 Å². The fraction of sp³-hybridized carbons (Fsp3) is 0.400. The molecule has 1 aromatic heterocycles. The number of para-hydroxylation sites is 1. The van der Waals surface area contributed by atoms with E-state index in [1.54, 1.807) is 6.20 Å². The zero-order valence-electron chi connectivity index (χ0n) is 14.6. The monoisotopic (exact) mass is 356 g/mol. The van der Waals surface area contributed by atoms with Crippen molar-refractivity contribution in [2.24, 2.45) is 0 Å². The van der Waals surface area contributed by atoms with E-state index in [1.165, 1.54) is 11.8 Å². The predicted octanol–water partition coefficient (Wildman–Crippen LogP) is 4.15. The summed E-state index contributed by atoms with van der Waals surface area (Å²) in [5.41, 5.74) is 1.08. The van der Waals surface area contributed by atoms with E-state index < -0.39 is 0 Å². The molecule has 0 radical (unpaired) electrons. The molecule has 3 rings (SSSR count). The Kier molecular flexibility index (Phi) is 6.34. The smallest absolute Gasteiger partial charge is 0.233 e. The quantitative estimate of drug-likeness (QED) is 0.729. The van der Waals surface area contributed by atoms with E-state index in [-0.39, 0.29) is 12.0 Å². The highest BCUT2D eigenvalue weighted by atomic mass is 32.2. The summed E-state index contributed by atoms with van der Waals surface area (Å²) in [6.45, 7) is 3.44. The Morgan fingerprint density at radius 2 is 2.12 bits per heavy atom. The van der Waals surface area contributed by atoms with Gasteiger partial charge in [0, 0.05) is 18.3 Å². The molecule has 0 saturated carbocycles. The van der Waals surface area contributed by atoms with Gasteiger partial charge >= 0.3 is 0 Å². The number of carbonyl (C=O) groups excluding carboxylic acids is 1. The Hall–Kier alpha value is -2.01. The molecule has 1 amide bonds. The van der Waals surface area contributed by atoms with Crippen molar-refractivity contribution in [3.63, 3.8) is 0 Å². The summed E-state index contributed by atoms with van der Waals surface area (Å²) in [5, 5.41) is 0.879. The third-order valence-electron chi connectivity index (χ3n) is 4.27. The Labute approximate surface area is 153 Å². The first-order chi connectivity index (χ1) is 12.3. The summed E-state index contributed by atoms with van der Waals surface area (Å²) >= 11 is 1.49. The Morgan fingerprint density at radius 1 is 1.28 bits per heavy atom. The van der Waals surface area contributed by atoms with Crippen LogP contribution in [0.1, 0.15) is 31.7 Å². The maximum Gasteiger partial charge on any atom is 0.233 e. The second-order valence-corrected chi connectivity index (χ2v) is 7.22. The van der Waals surface area contributed by atoms with Gasteiger partial charge in [-0.25, -0.2) is 4.98 Å². The first kappa shape index (κ1) is 17.8. The van der Waals surface area contributed by atoms with Crippen molar-refractivity contribution in [1.82, 2.24) is 9.88 Å². The summed E-state index contributed by atoms with van der Waals surface area (Å²) in [7, 11) is 0. The number of thioether (sulfide) groups is 1. The molecular formula is C20H24N2O2S. The number of ether oxygens (including phenoxy) is 1. The fourth-order valence-corrected chi connectivity index (χ4v) is 3.68. The molecule has 4 nitrogen and oxygen atoms in total. The van der Waals surface area contributed by atoms with Crippen molar-refractivity contribution in [2.45, 2.75) is 43.9 Å². The van der Waals surface area contributed by atoms with Crippen molar-refractivity contribution >= 4 is 17.7 Å². The molecule has 1 aliphatic heterocycles. The van der Waals surface area contributed by atoms with Crippen LogP contribution in [-0.2, 0) is 11.3 Å². The van der Waals surface area contributed by atoms with E-state index in [1.807, 2.05) is 47.4 Å². The number of pyridine rings is 1. The molecule has 0 spiro atoms. The Balaban J connectivity index is 1.69. The number of hydrogen-bond donors (Lipinski definition) is 0. The van der Waals surface area contributed by atoms with E-state index in [4.69, 9.17) is 4.74 Å². The number of hydrogen-bond acceptors (Lipinski definition) is 4. The van der Waals surface area contributed by atoms with Gasteiger partial charge < -0.3 is 9.64 Å². The van der Waals surface area contributed by atoms with Crippen LogP contribution in [0.25, 0.3) is 0 Å². The maximum absolute atomic E-state index is 12.8. The zero-order valence-corrected chi connectivity index (χ0v) is 15.4. The largest absolute Gasteiger partial charge is 0.488 e. The number of fused-ring (bicyclic) bond motifs is 1. The number of unbranched alkanes of at least 4 members (excludes halogenated alkanes) is 1. The summed E-state index contributed by atoms with van der Waals surface area (Å²) < 4.78 is 6.19. The average Bonchev–Trinajstić information content (AvgIpc) is 2.84. The van der Waals surface area contributed by atoms with Crippen LogP contribution in [0.4, 0.5) is 0 Å². The van der Waals surface area contributed by atoms with Crippen molar-refractivity contribution in [3.8, 4) is 5.75 Å². The van der Waals surface area contributed by atoms with Gasteiger partial charge in [-0.2, -0.15) is 0 Å². The second kappa shape index (κ2) is 8.90. The van der Waals surface area contributed by atoms with Crippen LogP contribution in [0.3, 0.4) is 0 Å². The molecule has 2 aromatic rings. The molecule has 25 heavy (non-hydrogen) atoms. The number of rotatable bonds is 6. The number of nitrogens with zero attached hydrogens (tertiary/aromatic N) is 2. The summed E-state index contributed by atoms with van der Waals surface area (Å²) in [5.74, 6) is 1.45. The summed E-state index contributed by atoms with van der Waals surface area (Å²) in [6, 6.07) is 13.8. The highest BCUT2D eigenvalue weighted by Gasteiger charge is 2.25. The standard InChI is InChI=1S/C20H24N2O2S/c1-2-3-9-17-14-22(13-16-8-4-5-10-18(16)24-17)20(23)15-25-19-11-6-7-12-21-19/h4-8,10-12,17H,2-3,9,13-15H2,1H3/t17-/m0/s1. The van der Waals surface area contributed by atoms with Crippen LogP contribution in [-0.4, -0.2) is 34.2 Å². The molecular weight excluding hydrogens is 332 g/mol. The average molecular weight is 356 g/mol. The highest BCUT2D eigenvalue weighted by molar-refractivity contribution is 7.99. The van der Waals surface area contributed by atoms with Gasteiger partial charge in [0.05, 0.1) is 17.3 Å². The highest BCUT2D eigenvalue weighted by Crippen LogP contribution is 2.27. The molecule has 0 aliphatic carbocycles. The molecule has 132 valence electrons. The summed E-state index contributed by atoms with van der Waals surface area (Å²) in [4.78, 5) is 19.0. The van der Waals surface area contributed by atoms with Gasteiger partial charge in [-0.15, -0.1) is 0 Å². The lowest BCUT2D eigenvalue weighted by atomic mass is 10.1. The Bertz CT molecular complexity index is 693. The van der Waals surface area contributed by atoms with Crippen LogP contribution in [0, 0.1) is 0 Å². The van der Waals surface area contributed by atoms with E-state index in [2.05, 4.69) is 11.9 Å². The normalized spacial score (nSPS) is 16.7. The van der Waals surface area contributed by atoms with E-state index in [9.17, 15) is 4.79 Å². The molecule has 2 heterocycles. The lowest BCUT2D eigenvalue weighted by Gasteiger charge is -2.24. The molecule has 0 unspecified atom stereocenters. The zero-order chi connectivity index (χ0) is 17.5. The third kappa shape index (κ3) is 4.98. The van der Waals surface area contributed by atoms with Crippen molar-refractivity contribution in [3.05, 3.63) is 54.2 Å². The molecule has 5 heteroatoms. The van der Waals surface area contributed by atoms with E-state index in [0.29, 0.717) is 18.8 Å². The third-order valence-corrected chi connectivity index (χ3v) is 5.19. The van der Waals surface area contributed by atoms with Crippen LogP contribution in [0.2, 0.25) is 0 Å². The minimum absolute atomic E-state index is 0.0624. The van der Waals surface area contributed by atoms with Crippen LogP contribution < -0.4 is 4.74 Å². The van der Waals surface area contributed by atoms with Gasteiger partial charge in [0.15, 0.2) is 0 Å². The molecule has 0 fully saturated rings. The first-order valence-electron chi connectivity index (χ1n) is 8.82. The van der Waals surface area contributed by atoms with Gasteiger partial charge in [-0.3, -0.25) is 4.79 Å².